The monoisotopic (exact) mass is 250 g/mol. The molecule has 1 atom stereocenters. The smallest absolute Gasteiger partial charge is 0.160 e. The molecule has 0 saturated carbocycles. The molecule has 0 spiro atoms. The Hall–Kier alpha value is -0.200. The lowest BCUT2D eigenvalue weighted by Crippen LogP contribution is -2.26. The van der Waals surface area contributed by atoms with E-state index in [1.165, 1.54) is 0 Å². The van der Waals surface area contributed by atoms with Crippen LogP contribution in [0.25, 0.3) is 0 Å². The molecule has 0 saturated heterocycles. The van der Waals surface area contributed by atoms with Crippen LogP contribution < -0.4 is 0 Å². The highest BCUT2D eigenvalue weighted by Gasteiger charge is 2.14. The Balaban J connectivity index is 3.76. The third kappa shape index (κ3) is 10.7. The lowest BCUT2D eigenvalue weighted by molar-refractivity contribution is -0.169. The molecule has 1 unspecified atom stereocenters. The topological polar surface area (TPSA) is 68.2 Å². The van der Waals surface area contributed by atoms with Crippen LogP contribution >= 0.6 is 0 Å². The van der Waals surface area contributed by atoms with Gasteiger partial charge in [-0.2, -0.15) is 0 Å². The van der Waals surface area contributed by atoms with Gasteiger partial charge in [0.15, 0.2) is 6.29 Å². The predicted molar refractivity (Wildman–Crippen MR) is 64.8 cm³/mol. The summed E-state index contributed by atoms with van der Waals surface area (Å²) >= 11 is 0. The average molecular weight is 250 g/mol. The molecule has 5 heteroatoms. The Morgan fingerprint density at radius 1 is 0.941 bits per heavy atom. The van der Waals surface area contributed by atoms with Gasteiger partial charge in [-0.15, -0.1) is 0 Å². The molecule has 0 aromatic carbocycles. The molecule has 0 aliphatic rings. The second kappa shape index (κ2) is 12.3. The van der Waals surface area contributed by atoms with Gasteiger partial charge in [0.1, 0.15) is 0 Å². The fraction of sp³-hybridized carbons (Fsp3) is 1.00. The molecule has 0 amide bonds. The van der Waals surface area contributed by atoms with Crippen molar-refractivity contribution in [1.82, 2.24) is 0 Å². The van der Waals surface area contributed by atoms with Gasteiger partial charge in [-0.3, -0.25) is 0 Å². The molecule has 0 radical (unpaired) electrons. The summed E-state index contributed by atoms with van der Waals surface area (Å²) in [4.78, 5) is 0. The molecular formula is C12H26O5. The van der Waals surface area contributed by atoms with Crippen LogP contribution in [0.3, 0.4) is 0 Å². The molecule has 104 valence electrons. The quantitative estimate of drug-likeness (QED) is 0.398. The van der Waals surface area contributed by atoms with E-state index in [4.69, 9.17) is 24.4 Å². The maximum Gasteiger partial charge on any atom is 0.160 e. The van der Waals surface area contributed by atoms with Crippen LogP contribution in [-0.4, -0.2) is 55.6 Å². The van der Waals surface area contributed by atoms with Crippen molar-refractivity contribution in [2.75, 3.05) is 33.0 Å². The summed E-state index contributed by atoms with van der Waals surface area (Å²) in [6.45, 7) is 5.22. The summed E-state index contributed by atoms with van der Waals surface area (Å²) in [5.74, 6) is 0. The molecule has 17 heavy (non-hydrogen) atoms. The SMILES string of the molecule is CCCCOC(C)CC(OCCO)OCCO. The van der Waals surface area contributed by atoms with Crippen LogP contribution in [0.2, 0.25) is 0 Å². The average Bonchev–Trinajstić information content (AvgIpc) is 2.33. The molecule has 0 aliphatic carbocycles. The first kappa shape index (κ1) is 16.8. The van der Waals surface area contributed by atoms with Crippen LogP contribution in [0.1, 0.15) is 33.1 Å². The van der Waals surface area contributed by atoms with E-state index in [2.05, 4.69) is 6.92 Å². The number of hydrogen-bond donors (Lipinski definition) is 2. The van der Waals surface area contributed by atoms with Gasteiger partial charge in [0.25, 0.3) is 0 Å². The third-order valence-electron chi connectivity index (χ3n) is 2.21. The molecule has 5 nitrogen and oxygen atoms in total. The van der Waals surface area contributed by atoms with Gasteiger partial charge < -0.3 is 24.4 Å². The van der Waals surface area contributed by atoms with Crippen molar-refractivity contribution in [3.05, 3.63) is 0 Å². The van der Waals surface area contributed by atoms with Gasteiger partial charge in [0, 0.05) is 13.0 Å². The molecule has 0 aromatic rings. The normalized spacial score (nSPS) is 13.2. The largest absolute Gasteiger partial charge is 0.394 e. The minimum absolute atomic E-state index is 0.0376. The summed E-state index contributed by atoms with van der Waals surface area (Å²) in [6, 6.07) is 0. The molecule has 0 heterocycles. The zero-order chi connectivity index (χ0) is 12.9. The summed E-state index contributed by atoms with van der Waals surface area (Å²) in [7, 11) is 0. The van der Waals surface area contributed by atoms with Crippen molar-refractivity contribution in [1.29, 1.82) is 0 Å². The molecule has 0 bridgehead atoms. The Bertz CT molecular complexity index is 146. The maximum absolute atomic E-state index is 8.69. The summed E-state index contributed by atoms with van der Waals surface area (Å²) in [5, 5.41) is 17.4. The fourth-order valence-corrected chi connectivity index (χ4v) is 1.32. The van der Waals surface area contributed by atoms with E-state index in [1.807, 2.05) is 6.92 Å². The molecule has 0 aromatic heterocycles. The summed E-state index contributed by atoms with van der Waals surface area (Å²) in [6.07, 6.45) is 2.38. The van der Waals surface area contributed by atoms with Gasteiger partial charge in [0.05, 0.1) is 32.5 Å². The minimum atomic E-state index is -0.425. The first-order valence-electron chi connectivity index (χ1n) is 6.31. The van der Waals surface area contributed by atoms with Crippen molar-refractivity contribution in [2.24, 2.45) is 0 Å². The van der Waals surface area contributed by atoms with Crippen molar-refractivity contribution >= 4 is 0 Å². The Morgan fingerprint density at radius 2 is 1.53 bits per heavy atom. The molecular weight excluding hydrogens is 224 g/mol. The maximum atomic E-state index is 8.69. The zero-order valence-electron chi connectivity index (χ0n) is 10.9. The van der Waals surface area contributed by atoms with Gasteiger partial charge >= 0.3 is 0 Å². The van der Waals surface area contributed by atoms with Crippen LogP contribution in [-0.2, 0) is 14.2 Å². The highest BCUT2D eigenvalue weighted by atomic mass is 16.7. The van der Waals surface area contributed by atoms with Gasteiger partial charge in [0.2, 0.25) is 0 Å². The standard InChI is InChI=1S/C12H26O5/c1-3-4-7-15-11(2)10-12(16-8-5-13)17-9-6-14/h11-14H,3-10H2,1-2H3. The highest BCUT2D eigenvalue weighted by molar-refractivity contribution is 4.55. The predicted octanol–water partition coefficient (Wildman–Crippen LogP) is 0.926. The number of hydrogen-bond acceptors (Lipinski definition) is 5. The molecule has 2 N–H and O–H groups in total. The Labute approximate surface area is 104 Å². The Morgan fingerprint density at radius 3 is 2.00 bits per heavy atom. The second-order valence-corrected chi connectivity index (χ2v) is 3.89. The van der Waals surface area contributed by atoms with Crippen LogP contribution in [0, 0.1) is 0 Å². The van der Waals surface area contributed by atoms with Gasteiger partial charge in [-0.1, -0.05) is 13.3 Å². The van der Waals surface area contributed by atoms with Gasteiger partial charge in [-0.05, 0) is 13.3 Å². The highest BCUT2D eigenvalue weighted by Crippen LogP contribution is 2.08. The third-order valence-corrected chi connectivity index (χ3v) is 2.21. The summed E-state index contributed by atoms with van der Waals surface area (Å²) < 4.78 is 16.2. The van der Waals surface area contributed by atoms with Crippen molar-refractivity contribution < 1.29 is 24.4 Å². The Kier molecular flexibility index (Phi) is 12.1. The number of aliphatic hydroxyl groups is 2. The van der Waals surface area contributed by atoms with Crippen molar-refractivity contribution in [2.45, 2.75) is 45.5 Å². The van der Waals surface area contributed by atoms with E-state index in [9.17, 15) is 0 Å². The van der Waals surface area contributed by atoms with Gasteiger partial charge in [-0.25, -0.2) is 0 Å². The van der Waals surface area contributed by atoms with Crippen molar-refractivity contribution in [3.63, 3.8) is 0 Å². The first-order chi connectivity index (χ1) is 8.24. The minimum Gasteiger partial charge on any atom is -0.394 e. The summed E-state index contributed by atoms with van der Waals surface area (Å²) in [5.41, 5.74) is 0. The number of aliphatic hydroxyl groups excluding tert-OH is 2. The first-order valence-corrected chi connectivity index (χ1v) is 6.31. The zero-order valence-corrected chi connectivity index (χ0v) is 10.9. The molecule has 0 aliphatic heterocycles. The van der Waals surface area contributed by atoms with E-state index in [1.54, 1.807) is 0 Å². The number of ether oxygens (including phenoxy) is 3. The number of unbranched alkanes of at least 4 members (excludes halogenated alkanes) is 1. The van der Waals surface area contributed by atoms with Crippen molar-refractivity contribution in [3.8, 4) is 0 Å². The van der Waals surface area contributed by atoms with Crippen LogP contribution in [0.15, 0.2) is 0 Å². The second-order valence-electron chi connectivity index (χ2n) is 3.89. The number of rotatable bonds is 12. The lowest BCUT2D eigenvalue weighted by Gasteiger charge is -2.21. The van der Waals surface area contributed by atoms with E-state index < -0.39 is 6.29 Å². The fourth-order valence-electron chi connectivity index (χ4n) is 1.32. The van der Waals surface area contributed by atoms with Crippen LogP contribution in [0.5, 0.6) is 0 Å². The molecule has 0 rings (SSSR count). The van der Waals surface area contributed by atoms with E-state index >= 15 is 0 Å². The lowest BCUT2D eigenvalue weighted by atomic mass is 10.2. The molecule has 0 fully saturated rings. The van der Waals surface area contributed by atoms with E-state index in [0.717, 1.165) is 19.4 Å². The van der Waals surface area contributed by atoms with E-state index in [0.29, 0.717) is 6.42 Å². The van der Waals surface area contributed by atoms with Crippen LogP contribution in [0.4, 0.5) is 0 Å². The van der Waals surface area contributed by atoms with E-state index in [-0.39, 0.29) is 32.5 Å².